The van der Waals surface area contributed by atoms with Crippen LogP contribution < -0.4 is 4.90 Å². The molecule has 2 aromatic heterocycles. The van der Waals surface area contributed by atoms with E-state index in [1.165, 1.54) is 0 Å². The van der Waals surface area contributed by atoms with Crippen LogP contribution >= 0.6 is 0 Å². The third kappa shape index (κ3) is 2.93. The molecule has 1 saturated heterocycles. The van der Waals surface area contributed by atoms with Gasteiger partial charge in [0, 0.05) is 38.6 Å². The number of fused-ring (bicyclic) bond motifs is 1. The van der Waals surface area contributed by atoms with Crippen LogP contribution in [0.15, 0.2) is 43.1 Å². The maximum atomic E-state index is 12.7. The van der Waals surface area contributed by atoms with Crippen molar-refractivity contribution >= 4 is 22.6 Å². The van der Waals surface area contributed by atoms with E-state index in [0.29, 0.717) is 12.2 Å². The van der Waals surface area contributed by atoms with Crippen LogP contribution in [-0.4, -0.2) is 56.5 Å². The number of carbonyl (C=O) groups excluding carboxylic acids is 1. The van der Waals surface area contributed by atoms with Crippen molar-refractivity contribution in [3.05, 3.63) is 48.8 Å². The number of hydrogen-bond acceptors (Lipinski definition) is 5. The molecular weight excluding hydrogens is 316 g/mol. The zero-order valence-corrected chi connectivity index (χ0v) is 14.2. The molecule has 0 unspecified atom stereocenters. The van der Waals surface area contributed by atoms with Gasteiger partial charge in [-0.3, -0.25) is 4.79 Å². The maximum absolute atomic E-state index is 12.7. The van der Waals surface area contributed by atoms with Gasteiger partial charge in [-0.25, -0.2) is 15.0 Å². The Morgan fingerprint density at radius 3 is 2.80 bits per heavy atom. The average molecular weight is 336 g/mol. The number of para-hydroxylation sites is 1. The van der Waals surface area contributed by atoms with E-state index in [9.17, 15) is 4.79 Å². The Kier molecular flexibility index (Phi) is 4.05. The number of anilines is 1. The molecule has 3 aromatic rings. The summed E-state index contributed by atoms with van der Waals surface area (Å²) in [6, 6.07) is 8.03. The fourth-order valence-electron chi connectivity index (χ4n) is 3.30. The van der Waals surface area contributed by atoms with Crippen molar-refractivity contribution in [2.24, 2.45) is 7.05 Å². The van der Waals surface area contributed by atoms with Gasteiger partial charge in [0.2, 0.25) is 0 Å². The van der Waals surface area contributed by atoms with Gasteiger partial charge in [-0.05, 0) is 18.6 Å². The summed E-state index contributed by atoms with van der Waals surface area (Å²) in [4.78, 5) is 29.7. The second kappa shape index (κ2) is 6.51. The Labute approximate surface area is 145 Å². The molecule has 3 heterocycles. The standard InChI is InChI=1S/C18H20N6O/c1-22-13-19-11-16(22)18(25)24-8-4-7-23(9-10-24)17-14-5-2-3-6-15(14)20-12-21-17/h2-3,5-6,11-13H,4,7-10H2,1H3. The minimum atomic E-state index is 0.0365. The average Bonchev–Trinajstić information content (AvgIpc) is 2.92. The first-order chi connectivity index (χ1) is 12.2. The van der Waals surface area contributed by atoms with E-state index in [4.69, 9.17) is 0 Å². The number of carbonyl (C=O) groups is 1. The van der Waals surface area contributed by atoms with Gasteiger partial charge < -0.3 is 14.4 Å². The first kappa shape index (κ1) is 15.6. The molecule has 128 valence electrons. The van der Waals surface area contributed by atoms with Crippen LogP contribution in [0.3, 0.4) is 0 Å². The van der Waals surface area contributed by atoms with E-state index >= 15 is 0 Å². The molecule has 7 heteroatoms. The SMILES string of the molecule is Cn1cncc1C(=O)N1CCCN(c2ncnc3ccccc23)CC1. The zero-order valence-electron chi connectivity index (χ0n) is 14.2. The molecule has 4 rings (SSSR count). The predicted molar refractivity (Wildman–Crippen MR) is 95.5 cm³/mol. The van der Waals surface area contributed by atoms with Gasteiger partial charge in [0.05, 0.1) is 18.0 Å². The van der Waals surface area contributed by atoms with Gasteiger partial charge in [-0.15, -0.1) is 0 Å². The summed E-state index contributed by atoms with van der Waals surface area (Å²) in [5.41, 5.74) is 1.57. The Morgan fingerprint density at radius 2 is 1.96 bits per heavy atom. The summed E-state index contributed by atoms with van der Waals surface area (Å²) in [5.74, 6) is 0.981. The van der Waals surface area contributed by atoms with Gasteiger partial charge in [0.1, 0.15) is 17.8 Å². The van der Waals surface area contributed by atoms with Gasteiger partial charge in [-0.2, -0.15) is 0 Å². The van der Waals surface area contributed by atoms with Crippen molar-refractivity contribution < 1.29 is 4.79 Å². The molecule has 1 fully saturated rings. The van der Waals surface area contributed by atoms with Crippen LogP contribution in [-0.2, 0) is 7.05 Å². The fourth-order valence-corrected chi connectivity index (χ4v) is 3.30. The lowest BCUT2D eigenvalue weighted by molar-refractivity contribution is 0.0757. The van der Waals surface area contributed by atoms with Crippen LogP contribution in [0.25, 0.3) is 10.9 Å². The van der Waals surface area contributed by atoms with E-state index in [1.54, 1.807) is 23.4 Å². The fraction of sp³-hybridized carbons (Fsp3) is 0.333. The number of aromatic nitrogens is 4. The molecule has 0 aliphatic carbocycles. The van der Waals surface area contributed by atoms with Crippen LogP contribution in [0.4, 0.5) is 5.82 Å². The van der Waals surface area contributed by atoms with E-state index in [1.807, 2.05) is 36.2 Å². The molecule has 0 atom stereocenters. The lowest BCUT2D eigenvalue weighted by Crippen LogP contribution is -2.36. The van der Waals surface area contributed by atoms with Crippen LogP contribution in [0.1, 0.15) is 16.9 Å². The molecule has 1 aromatic carbocycles. The third-order valence-corrected chi connectivity index (χ3v) is 4.64. The summed E-state index contributed by atoms with van der Waals surface area (Å²) in [7, 11) is 1.84. The quantitative estimate of drug-likeness (QED) is 0.713. The largest absolute Gasteiger partial charge is 0.354 e. The molecule has 1 aliphatic heterocycles. The Hall–Kier alpha value is -2.96. The number of nitrogens with zero attached hydrogens (tertiary/aromatic N) is 6. The minimum Gasteiger partial charge on any atom is -0.354 e. The topological polar surface area (TPSA) is 67.2 Å². The van der Waals surface area contributed by atoms with E-state index in [0.717, 1.165) is 42.8 Å². The summed E-state index contributed by atoms with van der Waals surface area (Å²) in [6.07, 6.45) is 5.80. The third-order valence-electron chi connectivity index (χ3n) is 4.64. The monoisotopic (exact) mass is 336 g/mol. The zero-order chi connectivity index (χ0) is 17.2. The lowest BCUT2D eigenvalue weighted by atomic mass is 10.2. The van der Waals surface area contributed by atoms with Crippen molar-refractivity contribution in [3.63, 3.8) is 0 Å². The summed E-state index contributed by atoms with van der Waals surface area (Å²) in [6.45, 7) is 3.03. The highest BCUT2D eigenvalue weighted by molar-refractivity contribution is 5.92. The molecule has 0 saturated carbocycles. The van der Waals surface area contributed by atoms with E-state index in [2.05, 4.69) is 19.9 Å². The smallest absolute Gasteiger partial charge is 0.272 e. The summed E-state index contributed by atoms with van der Waals surface area (Å²) in [5, 5.41) is 1.05. The highest BCUT2D eigenvalue weighted by Crippen LogP contribution is 2.23. The predicted octanol–water partition coefficient (Wildman–Crippen LogP) is 1.72. The summed E-state index contributed by atoms with van der Waals surface area (Å²) >= 11 is 0. The molecule has 0 radical (unpaired) electrons. The van der Waals surface area contributed by atoms with Gasteiger partial charge >= 0.3 is 0 Å². The molecule has 0 N–H and O–H groups in total. The Morgan fingerprint density at radius 1 is 1.08 bits per heavy atom. The molecule has 25 heavy (non-hydrogen) atoms. The second-order valence-corrected chi connectivity index (χ2v) is 6.24. The van der Waals surface area contributed by atoms with Gasteiger partial charge in [0.25, 0.3) is 5.91 Å². The first-order valence-corrected chi connectivity index (χ1v) is 8.44. The number of amides is 1. The Bertz CT molecular complexity index is 900. The molecular formula is C18H20N6O. The molecule has 1 amide bonds. The molecule has 7 nitrogen and oxygen atoms in total. The van der Waals surface area contributed by atoms with Crippen LogP contribution in [0.2, 0.25) is 0 Å². The lowest BCUT2D eigenvalue weighted by Gasteiger charge is -2.23. The van der Waals surface area contributed by atoms with Crippen molar-refractivity contribution in [1.82, 2.24) is 24.4 Å². The summed E-state index contributed by atoms with van der Waals surface area (Å²) < 4.78 is 1.77. The highest BCUT2D eigenvalue weighted by atomic mass is 16.2. The number of hydrogen-bond donors (Lipinski definition) is 0. The van der Waals surface area contributed by atoms with Gasteiger partial charge in [0.15, 0.2) is 0 Å². The van der Waals surface area contributed by atoms with E-state index < -0.39 is 0 Å². The molecule has 1 aliphatic rings. The van der Waals surface area contributed by atoms with E-state index in [-0.39, 0.29) is 5.91 Å². The van der Waals surface area contributed by atoms with Crippen molar-refractivity contribution in [1.29, 1.82) is 0 Å². The maximum Gasteiger partial charge on any atom is 0.272 e. The first-order valence-electron chi connectivity index (χ1n) is 8.44. The highest BCUT2D eigenvalue weighted by Gasteiger charge is 2.23. The van der Waals surface area contributed by atoms with Crippen LogP contribution in [0, 0.1) is 0 Å². The van der Waals surface area contributed by atoms with Crippen molar-refractivity contribution in [2.75, 3.05) is 31.1 Å². The van der Waals surface area contributed by atoms with Gasteiger partial charge in [-0.1, -0.05) is 12.1 Å². The minimum absolute atomic E-state index is 0.0365. The number of rotatable bonds is 2. The number of benzene rings is 1. The normalized spacial score (nSPS) is 15.4. The van der Waals surface area contributed by atoms with Crippen LogP contribution in [0.5, 0.6) is 0 Å². The van der Waals surface area contributed by atoms with Crippen molar-refractivity contribution in [2.45, 2.75) is 6.42 Å². The molecule has 0 bridgehead atoms. The molecule has 0 spiro atoms. The Balaban J connectivity index is 1.55. The van der Waals surface area contributed by atoms with Crippen molar-refractivity contribution in [3.8, 4) is 0 Å². The second-order valence-electron chi connectivity index (χ2n) is 6.24. The number of aryl methyl sites for hydroxylation is 1. The number of imidazole rings is 1.